The van der Waals surface area contributed by atoms with Crippen LogP contribution in [0.3, 0.4) is 0 Å². The zero-order valence-electron chi connectivity index (χ0n) is 22.2. The average molecular weight is 530 g/mol. The molecule has 5 rings (SSSR count). The van der Waals surface area contributed by atoms with Gasteiger partial charge in [0.15, 0.2) is 0 Å². The van der Waals surface area contributed by atoms with Crippen molar-refractivity contribution in [1.29, 1.82) is 0 Å². The first kappa shape index (κ1) is 26.6. The Bertz CT molecular complexity index is 1370. The lowest BCUT2D eigenvalue weighted by Gasteiger charge is -2.33. The molecular weight excluding hydrogens is 495 g/mol. The summed E-state index contributed by atoms with van der Waals surface area (Å²) in [5.74, 6) is -0.204. The molecule has 1 aromatic heterocycles. The van der Waals surface area contributed by atoms with Crippen LogP contribution >= 0.6 is 0 Å². The molecule has 202 valence electrons. The molecule has 8 nitrogen and oxygen atoms in total. The van der Waals surface area contributed by atoms with Crippen molar-refractivity contribution in [2.24, 2.45) is 0 Å². The molecule has 0 unspecified atom stereocenters. The first-order chi connectivity index (χ1) is 18.9. The van der Waals surface area contributed by atoms with Crippen molar-refractivity contribution in [1.82, 2.24) is 19.7 Å². The minimum Gasteiger partial charge on any atom is -0.382 e. The Balaban J connectivity index is 1.21. The molecule has 3 heterocycles. The summed E-state index contributed by atoms with van der Waals surface area (Å²) >= 11 is 0. The van der Waals surface area contributed by atoms with Gasteiger partial charge in [-0.05, 0) is 42.7 Å². The molecule has 9 heteroatoms. The summed E-state index contributed by atoms with van der Waals surface area (Å²) in [6.45, 7) is 7.69. The predicted molar refractivity (Wildman–Crippen MR) is 150 cm³/mol. The number of nitrogens with zero attached hydrogens (tertiary/aromatic N) is 5. The molecule has 2 atom stereocenters. The van der Waals surface area contributed by atoms with Gasteiger partial charge >= 0.3 is 6.17 Å². The Morgan fingerprint density at radius 3 is 2.64 bits per heavy atom. The highest BCUT2D eigenvalue weighted by Gasteiger charge is 2.42. The summed E-state index contributed by atoms with van der Waals surface area (Å²) in [4.78, 5) is 39.6. The van der Waals surface area contributed by atoms with Crippen molar-refractivity contribution in [3.63, 3.8) is 0 Å². The van der Waals surface area contributed by atoms with Gasteiger partial charge in [0.25, 0.3) is 12.5 Å². The van der Waals surface area contributed by atoms with Crippen molar-refractivity contribution in [2.45, 2.75) is 44.2 Å². The third-order valence-corrected chi connectivity index (χ3v) is 7.63. The van der Waals surface area contributed by atoms with E-state index in [-0.39, 0.29) is 37.4 Å². The molecule has 2 aromatic carbocycles. The fraction of sp³-hybridized carbons (Fsp3) is 0.400. The zero-order valence-corrected chi connectivity index (χ0v) is 22.2. The molecule has 2 saturated heterocycles. The Morgan fingerprint density at radius 2 is 1.90 bits per heavy atom. The van der Waals surface area contributed by atoms with Crippen LogP contribution in [0.1, 0.15) is 35.2 Å². The standard InChI is InChI=1S/C30H33FN6O2/c1-32-27-17-22(31)19-37(27)28(38)20-36-15-12-23(13-16-36)34-26-11-10-25(29-24(26)9-6-14-33-29)30(39)35(2)18-21-7-4-3-5-8-21/h1,3-11,14,22-23,27H,12-13,15-20H2,2H3/p+1/t22-,27-/m0/s1. The molecule has 3 aromatic rings. The third kappa shape index (κ3) is 6.02. The third-order valence-electron chi connectivity index (χ3n) is 7.63. The number of likely N-dealkylation sites (tertiary alicyclic amines) is 2. The van der Waals surface area contributed by atoms with Gasteiger partial charge in [-0.1, -0.05) is 35.2 Å². The van der Waals surface area contributed by atoms with E-state index in [1.54, 1.807) is 18.1 Å². The van der Waals surface area contributed by atoms with E-state index in [4.69, 9.17) is 6.57 Å². The quantitative estimate of drug-likeness (QED) is 0.496. The van der Waals surface area contributed by atoms with E-state index in [0.717, 1.165) is 42.6 Å². The van der Waals surface area contributed by atoms with E-state index in [9.17, 15) is 14.0 Å². The first-order valence-electron chi connectivity index (χ1n) is 13.4. The highest BCUT2D eigenvalue weighted by molar-refractivity contribution is 6.08. The number of rotatable bonds is 7. The number of aromatic nitrogens is 1. The second-order valence-electron chi connectivity index (χ2n) is 10.4. The summed E-state index contributed by atoms with van der Waals surface area (Å²) in [5.41, 5.74) is 3.25. The molecule has 2 fully saturated rings. The Hall–Kier alpha value is -4.03. The van der Waals surface area contributed by atoms with Gasteiger partial charge in [0.05, 0.1) is 30.6 Å². The fourth-order valence-electron chi connectivity index (χ4n) is 5.52. The molecule has 39 heavy (non-hydrogen) atoms. The number of amides is 2. The SMILES string of the molecule is C#[N+][C@@H]1C[C@H](F)CN1C(=O)CN1CCC(Nc2ccc(C(=O)N(C)Cc3ccccc3)c3ncccc23)CC1. The number of pyridine rings is 1. The van der Waals surface area contributed by atoms with E-state index in [1.165, 1.54) is 4.90 Å². The maximum absolute atomic E-state index is 13.8. The molecule has 0 spiro atoms. The lowest BCUT2D eigenvalue weighted by Crippen LogP contribution is -2.46. The van der Waals surface area contributed by atoms with Gasteiger partial charge in [-0.25, -0.2) is 4.39 Å². The topological polar surface area (TPSA) is 73.1 Å². The number of hydrogen-bond donors (Lipinski definition) is 1. The number of benzene rings is 2. The minimum absolute atomic E-state index is 0.0594. The van der Waals surface area contributed by atoms with Crippen LogP contribution in [0.15, 0.2) is 60.8 Å². The van der Waals surface area contributed by atoms with Gasteiger partial charge in [0.1, 0.15) is 6.17 Å². The van der Waals surface area contributed by atoms with Crippen LogP contribution in [-0.4, -0.2) is 83.1 Å². The number of fused-ring (bicyclic) bond motifs is 1. The highest BCUT2D eigenvalue weighted by Crippen LogP contribution is 2.28. The molecule has 1 N–H and O–H groups in total. The summed E-state index contributed by atoms with van der Waals surface area (Å²) in [6, 6.07) is 17.8. The summed E-state index contributed by atoms with van der Waals surface area (Å²) in [6.07, 6.45) is 1.95. The number of nitrogens with one attached hydrogen (secondary N) is 1. The van der Waals surface area contributed by atoms with Crippen molar-refractivity contribution in [2.75, 3.05) is 38.5 Å². The van der Waals surface area contributed by atoms with Gasteiger partial charge in [-0.15, -0.1) is 0 Å². The van der Waals surface area contributed by atoms with Crippen molar-refractivity contribution in [3.05, 3.63) is 76.8 Å². The van der Waals surface area contributed by atoms with Crippen LogP contribution in [-0.2, 0) is 11.3 Å². The number of anilines is 1. The first-order valence-corrected chi connectivity index (χ1v) is 13.4. The van der Waals surface area contributed by atoms with Crippen LogP contribution in [0, 0.1) is 6.57 Å². The second kappa shape index (κ2) is 11.8. The molecule has 0 aliphatic carbocycles. The fourth-order valence-corrected chi connectivity index (χ4v) is 5.52. The number of carbonyl (C=O) groups excluding carboxylic acids is 2. The van der Waals surface area contributed by atoms with Crippen LogP contribution in [0.2, 0.25) is 0 Å². The van der Waals surface area contributed by atoms with Crippen molar-refractivity contribution in [3.8, 4) is 6.57 Å². The normalized spacial score (nSPS) is 20.1. The predicted octanol–water partition coefficient (Wildman–Crippen LogP) is 4.24. The average Bonchev–Trinajstić information content (AvgIpc) is 3.35. The Kier molecular flexibility index (Phi) is 8.03. The Morgan fingerprint density at radius 1 is 1.13 bits per heavy atom. The second-order valence-corrected chi connectivity index (χ2v) is 10.4. The van der Waals surface area contributed by atoms with Crippen LogP contribution in [0.4, 0.5) is 10.1 Å². The van der Waals surface area contributed by atoms with Gasteiger partial charge in [0.2, 0.25) is 5.91 Å². The summed E-state index contributed by atoms with van der Waals surface area (Å²) < 4.78 is 13.8. The van der Waals surface area contributed by atoms with Gasteiger partial charge in [-0.2, -0.15) is 0 Å². The molecule has 2 aliphatic heterocycles. The van der Waals surface area contributed by atoms with Crippen LogP contribution in [0.25, 0.3) is 15.7 Å². The lowest BCUT2D eigenvalue weighted by molar-refractivity contribution is -0.133. The summed E-state index contributed by atoms with van der Waals surface area (Å²) in [7, 11) is 1.80. The monoisotopic (exact) mass is 529 g/mol. The van der Waals surface area contributed by atoms with E-state index in [2.05, 4.69) is 20.0 Å². The van der Waals surface area contributed by atoms with Gasteiger partial charge in [0, 0.05) is 50.0 Å². The van der Waals surface area contributed by atoms with Gasteiger partial charge < -0.3 is 10.2 Å². The minimum atomic E-state index is -1.07. The largest absolute Gasteiger partial charge is 0.382 e. The molecule has 0 saturated carbocycles. The number of alkyl halides is 1. The van der Waals surface area contributed by atoms with E-state index in [0.29, 0.717) is 17.6 Å². The molecule has 0 bridgehead atoms. The highest BCUT2D eigenvalue weighted by atomic mass is 19.1. The number of carbonyl (C=O) groups is 2. The molecule has 0 radical (unpaired) electrons. The molecule has 2 amide bonds. The van der Waals surface area contributed by atoms with Crippen molar-refractivity contribution < 1.29 is 14.0 Å². The Labute approximate surface area is 228 Å². The lowest BCUT2D eigenvalue weighted by atomic mass is 10.0. The zero-order chi connectivity index (χ0) is 27.4. The number of hydrogen-bond acceptors (Lipinski definition) is 5. The molecular formula is C30H34FN6O2+. The van der Waals surface area contributed by atoms with Crippen molar-refractivity contribution >= 4 is 28.4 Å². The maximum atomic E-state index is 13.8. The van der Waals surface area contributed by atoms with Gasteiger partial charge in [-0.3, -0.25) is 24.4 Å². The number of piperidine rings is 1. The van der Waals surface area contributed by atoms with Crippen LogP contribution < -0.4 is 5.32 Å². The van der Waals surface area contributed by atoms with E-state index < -0.39 is 12.3 Å². The van der Waals surface area contributed by atoms with E-state index >= 15 is 0 Å². The summed E-state index contributed by atoms with van der Waals surface area (Å²) in [5, 5.41) is 4.55. The maximum Gasteiger partial charge on any atom is 0.352 e. The smallest absolute Gasteiger partial charge is 0.352 e. The molecule has 2 aliphatic rings. The van der Waals surface area contributed by atoms with Crippen LogP contribution in [0.5, 0.6) is 0 Å². The number of halogens is 1. The van der Waals surface area contributed by atoms with E-state index in [1.807, 2.05) is 54.6 Å².